The molecule has 1 N–H and O–H groups in total. The van der Waals surface area contributed by atoms with Crippen molar-refractivity contribution in [3.05, 3.63) is 40.5 Å². The summed E-state index contributed by atoms with van der Waals surface area (Å²) in [6.07, 6.45) is 1.55. The summed E-state index contributed by atoms with van der Waals surface area (Å²) >= 11 is 13.2. The van der Waals surface area contributed by atoms with E-state index in [1.165, 1.54) is 24.0 Å². The van der Waals surface area contributed by atoms with Gasteiger partial charge in [0.1, 0.15) is 23.1 Å². The quantitative estimate of drug-likeness (QED) is 0.402. The van der Waals surface area contributed by atoms with Gasteiger partial charge in [0.25, 0.3) is 0 Å². The highest BCUT2D eigenvalue weighted by Crippen LogP contribution is 2.46. The molecule has 214 valence electrons. The van der Waals surface area contributed by atoms with Crippen molar-refractivity contribution in [2.45, 2.75) is 44.9 Å². The summed E-state index contributed by atoms with van der Waals surface area (Å²) in [4.78, 5) is 37.8. The average molecular weight is 591 g/mol. The minimum absolute atomic E-state index is 0.173. The molecular formula is C28H33Cl2N5O5. The number of likely N-dealkylation sites (tertiary alicyclic amines) is 1. The van der Waals surface area contributed by atoms with E-state index in [0.29, 0.717) is 45.0 Å². The van der Waals surface area contributed by atoms with Gasteiger partial charge in [0.2, 0.25) is 11.9 Å². The number of fused-ring (bicyclic) bond motifs is 1. The van der Waals surface area contributed by atoms with Gasteiger partial charge in [0.05, 0.1) is 29.8 Å². The fourth-order valence-corrected chi connectivity index (χ4v) is 5.29. The van der Waals surface area contributed by atoms with Gasteiger partial charge in [-0.15, -0.1) is 0 Å². The molecule has 10 nitrogen and oxygen atoms in total. The zero-order chi connectivity index (χ0) is 29.4. The van der Waals surface area contributed by atoms with E-state index in [1.807, 2.05) is 18.2 Å². The van der Waals surface area contributed by atoms with E-state index in [4.69, 9.17) is 37.4 Å². The van der Waals surface area contributed by atoms with Crippen LogP contribution in [-0.4, -0.2) is 84.3 Å². The molecule has 40 heavy (non-hydrogen) atoms. The molecule has 0 aliphatic carbocycles. The molecule has 0 unspecified atom stereocenters. The van der Waals surface area contributed by atoms with Crippen LogP contribution in [0.1, 0.15) is 27.2 Å². The van der Waals surface area contributed by atoms with E-state index < -0.39 is 17.7 Å². The summed E-state index contributed by atoms with van der Waals surface area (Å²) < 4.78 is 16.3. The molecule has 1 aromatic heterocycles. The highest BCUT2D eigenvalue weighted by Gasteiger charge is 2.42. The van der Waals surface area contributed by atoms with Crippen LogP contribution in [0.5, 0.6) is 11.5 Å². The second kappa shape index (κ2) is 11.5. The molecule has 2 aromatic carbocycles. The number of benzene rings is 2. The maximum atomic E-state index is 12.9. The lowest BCUT2D eigenvalue weighted by atomic mass is 10.0. The highest BCUT2D eigenvalue weighted by molar-refractivity contribution is 6.41. The van der Waals surface area contributed by atoms with Crippen LogP contribution in [0.2, 0.25) is 10.0 Å². The Hall–Kier alpha value is -3.50. The number of methoxy groups -OCH3 is 2. The van der Waals surface area contributed by atoms with Crippen molar-refractivity contribution in [2.75, 3.05) is 40.2 Å². The summed E-state index contributed by atoms with van der Waals surface area (Å²) in [5, 5.41) is 4.78. The summed E-state index contributed by atoms with van der Waals surface area (Å²) in [7, 11) is 6.38. The van der Waals surface area contributed by atoms with E-state index in [-0.39, 0.29) is 18.5 Å². The molecule has 1 aliphatic heterocycles. The Labute approximate surface area is 243 Å². The molecule has 1 fully saturated rings. The number of nitrogens with zero attached hydrogens (tertiary/aromatic N) is 4. The van der Waals surface area contributed by atoms with E-state index in [1.54, 1.807) is 47.1 Å². The number of nitrogens with one attached hydrogen (secondary N) is 1. The zero-order valence-corrected chi connectivity index (χ0v) is 25.1. The fraction of sp³-hybridized carbons (Fsp3) is 0.429. The van der Waals surface area contributed by atoms with Gasteiger partial charge in [-0.25, -0.2) is 14.8 Å². The lowest BCUT2D eigenvalue weighted by Crippen LogP contribution is -2.47. The summed E-state index contributed by atoms with van der Waals surface area (Å²) in [5.41, 5.74) is 1.33. The molecule has 2 amide bonds. The SMILES string of the molecule is COc1cc(OC)c(Cl)c(-c2ccc3nc(N[C@H]4C[C@@H](C(=O)N(C)C)N(C(=O)OC(C)(C)C)C4)ncc3c2)c1Cl. The predicted molar refractivity (Wildman–Crippen MR) is 156 cm³/mol. The van der Waals surface area contributed by atoms with Gasteiger partial charge in [-0.1, -0.05) is 29.3 Å². The molecule has 0 radical (unpaired) electrons. The van der Waals surface area contributed by atoms with Crippen LogP contribution in [0.4, 0.5) is 10.7 Å². The second-order valence-electron chi connectivity index (χ2n) is 10.7. The van der Waals surface area contributed by atoms with Crippen LogP contribution in [0.15, 0.2) is 30.5 Å². The number of anilines is 1. The predicted octanol–water partition coefficient (Wildman–Crippen LogP) is 5.50. The van der Waals surface area contributed by atoms with E-state index in [9.17, 15) is 9.59 Å². The maximum Gasteiger partial charge on any atom is 0.411 e. The Morgan fingerprint density at radius 1 is 1.07 bits per heavy atom. The van der Waals surface area contributed by atoms with Crippen molar-refractivity contribution in [1.82, 2.24) is 19.8 Å². The molecular weight excluding hydrogens is 557 g/mol. The lowest BCUT2D eigenvalue weighted by Gasteiger charge is -2.29. The summed E-state index contributed by atoms with van der Waals surface area (Å²) in [5.74, 6) is 1.09. The molecule has 4 rings (SSSR count). The van der Waals surface area contributed by atoms with Crippen molar-refractivity contribution in [3.63, 3.8) is 0 Å². The molecule has 0 spiro atoms. The number of rotatable bonds is 6. The molecule has 0 bridgehead atoms. The monoisotopic (exact) mass is 589 g/mol. The van der Waals surface area contributed by atoms with Gasteiger partial charge in [0.15, 0.2) is 0 Å². The van der Waals surface area contributed by atoms with Crippen molar-refractivity contribution in [2.24, 2.45) is 0 Å². The molecule has 1 aliphatic rings. The Morgan fingerprint density at radius 2 is 1.73 bits per heavy atom. The number of carbonyl (C=O) groups is 2. The molecule has 0 saturated carbocycles. The standard InChI is InChI=1S/C28H33Cl2N5O5/c1-28(2,3)40-27(37)35-14-17(11-19(35)25(36)34(4)5)32-26-31-13-16-10-15(8-9-18(16)33-26)22-23(29)20(38-6)12-21(39-7)24(22)30/h8-10,12-13,17,19H,11,14H2,1-7H3,(H,31,32,33)/t17-,19-/m0/s1. The minimum Gasteiger partial charge on any atom is -0.495 e. The summed E-state index contributed by atoms with van der Waals surface area (Å²) in [6.45, 7) is 5.65. The number of amides is 2. The summed E-state index contributed by atoms with van der Waals surface area (Å²) in [6, 6.07) is 6.32. The first-order valence-electron chi connectivity index (χ1n) is 12.7. The molecule has 2 heterocycles. The molecule has 3 aromatic rings. The van der Waals surface area contributed by atoms with Crippen molar-refractivity contribution < 1.29 is 23.8 Å². The first-order valence-corrected chi connectivity index (χ1v) is 13.4. The van der Waals surface area contributed by atoms with Gasteiger partial charge in [-0.2, -0.15) is 0 Å². The van der Waals surface area contributed by atoms with Crippen LogP contribution < -0.4 is 14.8 Å². The third-order valence-electron chi connectivity index (χ3n) is 6.43. The van der Waals surface area contributed by atoms with Crippen LogP contribution in [-0.2, 0) is 9.53 Å². The zero-order valence-electron chi connectivity index (χ0n) is 23.5. The molecule has 2 atom stereocenters. The average Bonchev–Trinajstić information content (AvgIpc) is 3.31. The highest BCUT2D eigenvalue weighted by atomic mass is 35.5. The Balaban J connectivity index is 1.59. The minimum atomic E-state index is -0.681. The second-order valence-corrected chi connectivity index (χ2v) is 11.5. The van der Waals surface area contributed by atoms with E-state index in [0.717, 1.165) is 10.9 Å². The number of likely N-dealkylation sites (N-methyl/N-ethyl adjacent to an activating group) is 1. The van der Waals surface area contributed by atoms with Gasteiger partial charge < -0.3 is 24.4 Å². The van der Waals surface area contributed by atoms with Crippen LogP contribution in [0.3, 0.4) is 0 Å². The van der Waals surface area contributed by atoms with Crippen molar-refractivity contribution in [3.8, 4) is 22.6 Å². The molecule has 12 heteroatoms. The van der Waals surface area contributed by atoms with Crippen LogP contribution >= 0.6 is 23.2 Å². The van der Waals surface area contributed by atoms with E-state index in [2.05, 4.69) is 15.3 Å². The first kappa shape index (κ1) is 29.5. The number of hydrogen-bond donors (Lipinski definition) is 1. The Bertz CT molecular complexity index is 1410. The van der Waals surface area contributed by atoms with Gasteiger partial charge in [-0.05, 0) is 44.9 Å². The third-order valence-corrected chi connectivity index (χ3v) is 7.18. The van der Waals surface area contributed by atoms with Crippen LogP contribution in [0.25, 0.3) is 22.0 Å². The Kier molecular flexibility index (Phi) is 8.51. The Morgan fingerprint density at radius 3 is 2.30 bits per heavy atom. The van der Waals surface area contributed by atoms with Crippen LogP contribution in [0, 0.1) is 0 Å². The number of hydrogen-bond acceptors (Lipinski definition) is 8. The normalized spacial score (nSPS) is 17.1. The number of carbonyl (C=O) groups excluding carboxylic acids is 2. The third kappa shape index (κ3) is 6.13. The topological polar surface area (TPSA) is 106 Å². The van der Waals surface area contributed by atoms with Gasteiger partial charge >= 0.3 is 6.09 Å². The smallest absolute Gasteiger partial charge is 0.411 e. The van der Waals surface area contributed by atoms with Crippen molar-refractivity contribution >= 4 is 52.1 Å². The first-order chi connectivity index (χ1) is 18.8. The van der Waals surface area contributed by atoms with Gasteiger partial charge in [-0.3, -0.25) is 9.69 Å². The maximum absolute atomic E-state index is 12.9. The number of ether oxygens (including phenoxy) is 3. The number of halogens is 2. The van der Waals surface area contributed by atoms with Gasteiger partial charge in [0, 0.05) is 49.9 Å². The molecule has 1 saturated heterocycles. The van der Waals surface area contributed by atoms with Crippen molar-refractivity contribution in [1.29, 1.82) is 0 Å². The fourth-order valence-electron chi connectivity index (χ4n) is 4.58. The van der Waals surface area contributed by atoms with E-state index >= 15 is 0 Å². The lowest BCUT2D eigenvalue weighted by molar-refractivity contribution is -0.133. The largest absolute Gasteiger partial charge is 0.495 e. The number of aromatic nitrogens is 2.